The van der Waals surface area contributed by atoms with Crippen LogP contribution in [0.25, 0.3) is 0 Å². The maximum absolute atomic E-state index is 5.82. The van der Waals surface area contributed by atoms with Gasteiger partial charge in [-0.3, -0.25) is 4.99 Å². The second kappa shape index (κ2) is 12.4. The first kappa shape index (κ1) is 22.0. The number of halogens is 1. The molecular formula is C19H33IN4O. The maximum atomic E-state index is 5.82. The predicted molar refractivity (Wildman–Crippen MR) is 116 cm³/mol. The second-order valence-corrected chi connectivity index (χ2v) is 6.27. The average Bonchev–Trinajstić information content (AvgIpc) is 3.44. The Morgan fingerprint density at radius 3 is 2.40 bits per heavy atom. The number of benzene rings is 1. The van der Waals surface area contributed by atoms with E-state index in [2.05, 4.69) is 46.5 Å². The molecule has 0 saturated heterocycles. The summed E-state index contributed by atoms with van der Waals surface area (Å²) < 4.78 is 5.82. The van der Waals surface area contributed by atoms with Crippen LogP contribution in [-0.4, -0.2) is 50.7 Å². The Morgan fingerprint density at radius 1 is 1.16 bits per heavy atom. The Hall–Kier alpha value is -1.02. The molecule has 0 aliphatic heterocycles. The van der Waals surface area contributed by atoms with E-state index in [9.17, 15) is 0 Å². The van der Waals surface area contributed by atoms with Crippen molar-refractivity contribution in [3.8, 4) is 5.75 Å². The summed E-state index contributed by atoms with van der Waals surface area (Å²) in [5, 5.41) is 6.73. The first-order chi connectivity index (χ1) is 11.7. The SMILES string of the molecule is CCN(CC)CCOc1ccc(CNC(=NC)NCC2CC2)cc1.I. The molecule has 142 valence electrons. The minimum absolute atomic E-state index is 0. The molecule has 1 aliphatic rings. The standard InChI is InChI=1S/C19H32N4O.HI/c1-4-23(5-2)12-13-24-18-10-8-17(9-11-18)15-22-19(20-3)21-14-16-6-7-16;/h8-11,16H,4-7,12-15H2,1-3H3,(H2,20,21,22);1H. The molecular weight excluding hydrogens is 427 g/mol. The molecule has 0 unspecified atom stereocenters. The van der Waals surface area contributed by atoms with Crippen molar-refractivity contribution in [2.24, 2.45) is 10.9 Å². The van der Waals surface area contributed by atoms with Crippen molar-refractivity contribution < 1.29 is 4.74 Å². The highest BCUT2D eigenvalue weighted by Gasteiger charge is 2.20. The van der Waals surface area contributed by atoms with Crippen LogP contribution in [0.3, 0.4) is 0 Å². The lowest BCUT2D eigenvalue weighted by Gasteiger charge is -2.18. The third-order valence-corrected chi connectivity index (χ3v) is 4.43. The first-order valence-corrected chi connectivity index (χ1v) is 9.13. The summed E-state index contributed by atoms with van der Waals surface area (Å²) in [6.45, 7) is 10.00. The van der Waals surface area contributed by atoms with Gasteiger partial charge in [0.25, 0.3) is 0 Å². The quantitative estimate of drug-likeness (QED) is 0.320. The van der Waals surface area contributed by atoms with Gasteiger partial charge in [0.1, 0.15) is 12.4 Å². The number of nitrogens with one attached hydrogen (secondary N) is 2. The van der Waals surface area contributed by atoms with Gasteiger partial charge in [-0.05, 0) is 49.5 Å². The molecule has 0 amide bonds. The van der Waals surface area contributed by atoms with E-state index < -0.39 is 0 Å². The van der Waals surface area contributed by atoms with Gasteiger partial charge in [0.15, 0.2) is 5.96 Å². The lowest BCUT2D eigenvalue weighted by Crippen LogP contribution is -2.37. The van der Waals surface area contributed by atoms with E-state index in [0.717, 1.165) is 57.0 Å². The summed E-state index contributed by atoms with van der Waals surface area (Å²) in [6.07, 6.45) is 2.69. The Labute approximate surface area is 169 Å². The number of hydrogen-bond acceptors (Lipinski definition) is 3. The number of hydrogen-bond donors (Lipinski definition) is 2. The van der Waals surface area contributed by atoms with E-state index in [1.165, 1.54) is 18.4 Å². The number of aliphatic imine (C=N–C) groups is 1. The first-order valence-electron chi connectivity index (χ1n) is 9.13. The summed E-state index contributed by atoms with van der Waals surface area (Å²) in [4.78, 5) is 6.62. The molecule has 0 heterocycles. The molecule has 0 atom stereocenters. The Balaban J connectivity index is 0.00000312. The van der Waals surface area contributed by atoms with E-state index in [-0.39, 0.29) is 24.0 Å². The van der Waals surface area contributed by atoms with Crippen LogP contribution in [-0.2, 0) is 6.54 Å². The van der Waals surface area contributed by atoms with Crippen molar-refractivity contribution in [3.63, 3.8) is 0 Å². The van der Waals surface area contributed by atoms with Gasteiger partial charge in [0.2, 0.25) is 0 Å². The van der Waals surface area contributed by atoms with Crippen LogP contribution in [0.2, 0.25) is 0 Å². The summed E-state index contributed by atoms with van der Waals surface area (Å²) in [6, 6.07) is 8.29. The molecule has 1 aromatic rings. The molecule has 0 radical (unpaired) electrons. The summed E-state index contributed by atoms with van der Waals surface area (Å²) in [7, 11) is 1.81. The molecule has 25 heavy (non-hydrogen) atoms. The number of likely N-dealkylation sites (N-methyl/N-ethyl adjacent to an activating group) is 1. The topological polar surface area (TPSA) is 48.9 Å². The molecule has 1 aliphatic carbocycles. The molecule has 1 fully saturated rings. The third-order valence-electron chi connectivity index (χ3n) is 4.43. The summed E-state index contributed by atoms with van der Waals surface area (Å²) in [5.41, 5.74) is 1.22. The lowest BCUT2D eigenvalue weighted by atomic mass is 10.2. The normalized spacial score (nSPS) is 14.2. The van der Waals surface area contributed by atoms with Crippen LogP contribution >= 0.6 is 24.0 Å². The Morgan fingerprint density at radius 2 is 1.84 bits per heavy atom. The van der Waals surface area contributed by atoms with Crippen LogP contribution in [0.4, 0.5) is 0 Å². The molecule has 0 spiro atoms. The maximum Gasteiger partial charge on any atom is 0.191 e. The van der Waals surface area contributed by atoms with Crippen LogP contribution in [0.15, 0.2) is 29.3 Å². The largest absolute Gasteiger partial charge is 0.492 e. The number of nitrogens with zero attached hydrogens (tertiary/aromatic N) is 2. The van der Waals surface area contributed by atoms with Gasteiger partial charge < -0.3 is 20.3 Å². The van der Waals surface area contributed by atoms with E-state index in [0.29, 0.717) is 0 Å². The van der Waals surface area contributed by atoms with Crippen molar-refractivity contribution >= 4 is 29.9 Å². The van der Waals surface area contributed by atoms with Gasteiger partial charge in [0.05, 0.1) is 0 Å². The van der Waals surface area contributed by atoms with Gasteiger partial charge in [-0.1, -0.05) is 26.0 Å². The van der Waals surface area contributed by atoms with Crippen molar-refractivity contribution in [2.45, 2.75) is 33.2 Å². The molecule has 5 nitrogen and oxygen atoms in total. The fourth-order valence-electron chi connectivity index (χ4n) is 2.51. The number of rotatable bonds is 10. The molecule has 2 rings (SSSR count). The third kappa shape index (κ3) is 8.76. The second-order valence-electron chi connectivity index (χ2n) is 6.27. The average molecular weight is 460 g/mol. The zero-order valence-corrected chi connectivity index (χ0v) is 18.1. The van der Waals surface area contributed by atoms with Crippen LogP contribution in [0.5, 0.6) is 5.75 Å². The zero-order valence-electron chi connectivity index (χ0n) is 15.8. The van der Waals surface area contributed by atoms with E-state index >= 15 is 0 Å². The van der Waals surface area contributed by atoms with E-state index in [4.69, 9.17) is 4.74 Å². The molecule has 0 bridgehead atoms. The fraction of sp³-hybridized carbons (Fsp3) is 0.632. The molecule has 6 heteroatoms. The highest BCUT2D eigenvalue weighted by Crippen LogP contribution is 2.27. The fourth-order valence-corrected chi connectivity index (χ4v) is 2.51. The van der Waals surface area contributed by atoms with Crippen molar-refractivity contribution in [3.05, 3.63) is 29.8 Å². The summed E-state index contributed by atoms with van der Waals surface area (Å²) in [5.74, 6) is 2.65. The van der Waals surface area contributed by atoms with Crippen LogP contribution < -0.4 is 15.4 Å². The molecule has 2 N–H and O–H groups in total. The van der Waals surface area contributed by atoms with Gasteiger partial charge >= 0.3 is 0 Å². The monoisotopic (exact) mass is 460 g/mol. The highest BCUT2D eigenvalue weighted by molar-refractivity contribution is 14.0. The minimum atomic E-state index is 0. The minimum Gasteiger partial charge on any atom is -0.492 e. The molecule has 0 aromatic heterocycles. The van der Waals surface area contributed by atoms with Gasteiger partial charge in [-0.25, -0.2) is 0 Å². The van der Waals surface area contributed by atoms with Gasteiger partial charge in [0, 0.05) is 26.7 Å². The molecule has 1 aromatic carbocycles. The van der Waals surface area contributed by atoms with Gasteiger partial charge in [-0.2, -0.15) is 0 Å². The smallest absolute Gasteiger partial charge is 0.191 e. The number of guanidine groups is 1. The predicted octanol–water partition coefficient (Wildman–Crippen LogP) is 3.10. The summed E-state index contributed by atoms with van der Waals surface area (Å²) >= 11 is 0. The zero-order chi connectivity index (χ0) is 17.2. The number of ether oxygens (including phenoxy) is 1. The van der Waals surface area contributed by atoms with Crippen molar-refractivity contribution in [1.82, 2.24) is 15.5 Å². The molecule has 1 saturated carbocycles. The lowest BCUT2D eigenvalue weighted by molar-refractivity contribution is 0.223. The van der Waals surface area contributed by atoms with Crippen molar-refractivity contribution in [1.29, 1.82) is 0 Å². The van der Waals surface area contributed by atoms with Crippen LogP contribution in [0.1, 0.15) is 32.3 Å². The van der Waals surface area contributed by atoms with Crippen molar-refractivity contribution in [2.75, 3.05) is 39.8 Å². The Kier molecular flexibility index (Phi) is 10.9. The van der Waals surface area contributed by atoms with Gasteiger partial charge in [-0.15, -0.1) is 24.0 Å². The van der Waals surface area contributed by atoms with E-state index in [1.807, 2.05) is 19.2 Å². The highest BCUT2D eigenvalue weighted by atomic mass is 127. The van der Waals surface area contributed by atoms with Crippen LogP contribution in [0, 0.1) is 5.92 Å². The Bertz CT molecular complexity index is 499. The van der Waals surface area contributed by atoms with E-state index in [1.54, 1.807) is 0 Å².